The monoisotopic (exact) mass is 215 g/mol. The van der Waals surface area contributed by atoms with Crippen molar-refractivity contribution in [1.82, 2.24) is 5.32 Å². The van der Waals surface area contributed by atoms with Crippen LogP contribution in [-0.4, -0.2) is 38.5 Å². The Labute approximate surface area is 93.5 Å². The van der Waals surface area contributed by atoms with E-state index in [2.05, 4.69) is 26.1 Å². The quantitative estimate of drug-likeness (QED) is 0.702. The first-order valence-electron chi connectivity index (χ1n) is 6.20. The van der Waals surface area contributed by atoms with Crippen molar-refractivity contribution in [3.05, 3.63) is 0 Å². The van der Waals surface area contributed by atoms with Crippen molar-refractivity contribution < 1.29 is 9.47 Å². The van der Waals surface area contributed by atoms with Crippen LogP contribution in [0.4, 0.5) is 0 Å². The van der Waals surface area contributed by atoms with Gasteiger partial charge in [-0.05, 0) is 26.3 Å². The van der Waals surface area contributed by atoms with Gasteiger partial charge in [0.1, 0.15) is 0 Å². The van der Waals surface area contributed by atoms with Gasteiger partial charge in [-0.3, -0.25) is 0 Å². The standard InChI is InChI=1S/C12H25NO2/c1-4-12(13-5-2)10(3)15-9-11-6-7-14-8-11/h10-13H,4-9H2,1-3H3. The molecule has 1 aliphatic heterocycles. The largest absolute Gasteiger partial charge is 0.381 e. The molecule has 3 nitrogen and oxygen atoms in total. The lowest BCUT2D eigenvalue weighted by Crippen LogP contribution is -2.39. The lowest BCUT2D eigenvalue weighted by atomic mass is 10.1. The van der Waals surface area contributed by atoms with Gasteiger partial charge in [0.2, 0.25) is 0 Å². The Morgan fingerprint density at radius 1 is 1.47 bits per heavy atom. The average Bonchev–Trinajstić information content (AvgIpc) is 2.75. The summed E-state index contributed by atoms with van der Waals surface area (Å²) >= 11 is 0. The lowest BCUT2D eigenvalue weighted by Gasteiger charge is -2.24. The Bertz CT molecular complexity index is 158. The minimum atomic E-state index is 0.301. The molecule has 0 spiro atoms. The summed E-state index contributed by atoms with van der Waals surface area (Å²) in [5.41, 5.74) is 0. The molecule has 0 amide bonds. The molecule has 3 atom stereocenters. The van der Waals surface area contributed by atoms with Crippen LogP contribution in [-0.2, 0) is 9.47 Å². The van der Waals surface area contributed by atoms with Gasteiger partial charge in [0, 0.05) is 18.6 Å². The lowest BCUT2D eigenvalue weighted by molar-refractivity contribution is 0.0145. The first-order chi connectivity index (χ1) is 7.27. The second-order valence-electron chi connectivity index (χ2n) is 4.34. The highest BCUT2D eigenvalue weighted by Crippen LogP contribution is 2.14. The van der Waals surface area contributed by atoms with Gasteiger partial charge in [-0.25, -0.2) is 0 Å². The summed E-state index contributed by atoms with van der Waals surface area (Å²) < 4.78 is 11.2. The summed E-state index contributed by atoms with van der Waals surface area (Å²) in [5.74, 6) is 0.617. The molecule has 90 valence electrons. The number of likely N-dealkylation sites (N-methyl/N-ethyl adjacent to an activating group) is 1. The van der Waals surface area contributed by atoms with Crippen LogP contribution in [0.3, 0.4) is 0 Å². The SMILES string of the molecule is CCNC(CC)C(C)OCC1CCOC1. The van der Waals surface area contributed by atoms with E-state index in [-0.39, 0.29) is 0 Å². The van der Waals surface area contributed by atoms with Crippen molar-refractivity contribution in [2.75, 3.05) is 26.4 Å². The first-order valence-corrected chi connectivity index (χ1v) is 6.20. The van der Waals surface area contributed by atoms with E-state index in [9.17, 15) is 0 Å². The fourth-order valence-corrected chi connectivity index (χ4v) is 2.02. The van der Waals surface area contributed by atoms with Crippen LogP contribution in [0, 0.1) is 5.92 Å². The van der Waals surface area contributed by atoms with Crippen molar-refractivity contribution in [2.45, 2.75) is 45.8 Å². The van der Waals surface area contributed by atoms with Crippen LogP contribution >= 0.6 is 0 Å². The molecule has 0 aliphatic carbocycles. The normalized spacial score (nSPS) is 25.4. The number of rotatable bonds is 7. The molecular weight excluding hydrogens is 190 g/mol. The first kappa shape index (κ1) is 12.9. The highest BCUT2D eigenvalue weighted by molar-refractivity contribution is 4.72. The van der Waals surface area contributed by atoms with E-state index < -0.39 is 0 Å². The Balaban J connectivity index is 2.17. The van der Waals surface area contributed by atoms with E-state index in [0.29, 0.717) is 18.1 Å². The minimum Gasteiger partial charge on any atom is -0.381 e. The number of nitrogens with one attached hydrogen (secondary N) is 1. The van der Waals surface area contributed by atoms with E-state index in [4.69, 9.17) is 9.47 Å². The zero-order valence-electron chi connectivity index (χ0n) is 10.3. The van der Waals surface area contributed by atoms with Gasteiger partial charge < -0.3 is 14.8 Å². The van der Waals surface area contributed by atoms with Gasteiger partial charge in [-0.2, -0.15) is 0 Å². The fourth-order valence-electron chi connectivity index (χ4n) is 2.02. The van der Waals surface area contributed by atoms with Crippen molar-refractivity contribution in [3.8, 4) is 0 Å². The second kappa shape index (κ2) is 7.20. The molecule has 1 fully saturated rings. The maximum atomic E-state index is 5.89. The van der Waals surface area contributed by atoms with Gasteiger partial charge in [0.05, 0.1) is 19.3 Å². The maximum absolute atomic E-state index is 5.89. The number of hydrogen-bond donors (Lipinski definition) is 1. The summed E-state index contributed by atoms with van der Waals surface area (Å²) in [5, 5.41) is 3.45. The van der Waals surface area contributed by atoms with E-state index >= 15 is 0 Å². The summed E-state index contributed by atoms with van der Waals surface area (Å²) in [6, 6.07) is 0.484. The van der Waals surface area contributed by atoms with E-state index in [1.54, 1.807) is 0 Å². The van der Waals surface area contributed by atoms with E-state index in [1.165, 1.54) is 0 Å². The van der Waals surface area contributed by atoms with Crippen LogP contribution < -0.4 is 5.32 Å². The molecule has 1 aliphatic rings. The van der Waals surface area contributed by atoms with Gasteiger partial charge >= 0.3 is 0 Å². The van der Waals surface area contributed by atoms with Gasteiger partial charge in [0.25, 0.3) is 0 Å². The predicted octanol–water partition coefficient (Wildman–Crippen LogP) is 1.82. The molecular formula is C12H25NO2. The maximum Gasteiger partial charge on any atom is 0.0699 e. The molecule has 0 bridgehead atoms. The van der Waals surface area contributed by atoms with Crippen LogP contribution in [0.1, 0.15) is 33.6 Å². The number of hydrogen-bond acceptors (Lipinski definition) is 3. The van der Waals surface area contributed by atoms with E-state index in [0.717, 1.165) is 39.2 Å². The van der Waals surface area contributed by atoms with Gasteiger partial charge in [-0.1, -0.05) is 13.8 Å². The van der Waals surface area contributed by atoms with Gasteiger partial charge in [0.15, 0.2) is 0 Å². The van der Waals surface area contributed by atoms with Crippen molar-refractivity contribution in [1.29, 1.82) is 0 Å². The third-order valence-corrected chi connectivity index (χ3v) is 3.09. The smallest absolute Gasteiger partial charge is 0.0699 e. The van der Waals surface area contributed by atoms with Crippen LogP contribution in [0.5, 0.6) is 0 Å². The van der Waals surface area contributed by atoms with Crippen molar-refractivity contribution in [2.24, 2.45) is 5.92 Å². The molecule has 1 rings (SSSR count). The van der Waals surface area contributed by atoms with E-state index in [1.807, 2.05) is 0 Å². The molecule has 1 heterocycles. The highest BCUT2D eigenvalue weighted by atomic mass is 16.5. The highest BCUT2D eigenvalue weighted by Gasteiger charge is 2.19. The molecule has 0 aromatic carbocycles. The molecule has 0 radical (unpaired) electrons. The topological polar surface area (TPSA) is 30.5 Å². The third-order valence-electron chi connectivity index (χ3n) is 3.09. The van der Waals surface area contributed by atoms with Crippen LogP contribution in [0.15, 0.2) is 0 Å². The molecule has 0 aromatic heterocycles. The molecule has 3 heteroatoms. The second-order valence-corrected chi connectivity index (χ2v) is 4.34. The summed E-state index contributed by atoms with van der Waals surface area (Å²) in [4.78, 5) is 0. The Morgan fingerprint density at radius 2 is 2.27 bits per heavy atom. The Hall–Kier alpha value is -0.120. The molecule has 1 saturated heterocycles. The molecule has 1 N–H and O–H groups in total. The van der Waals surface area contributed by atoms with Crippen LogP contribution in [0.2, 0.25) is 0 Å². The summed E-state index contributed by atoms with van der Waals surface area (Å²) in [6.45, 7) is 10.2. The zero-order valence-corrected chi connectivity index (χ0v) is 10.3. The molecule has 15 heavy (non-hydrogen) atoms. The molecule has 0 aromatic rings. The Morgan fingerprint density at radius 3 is 2.80 bits per heavy atom. The third kappa shape index (κ3) is 4.49. The zero-order chi connectivity index (χ0) is 11.1. The molecule has 3 unspecified atom stereocenters. The Kier molecular flexibility index (Phi) is 6.22. The number of ether oxygens (including phenoxy) is 2. The summed E-state index contributed by atoms with van der Waals surface area (Å²) in [6.07, 6.45) is 2.58. The minimum absolute atomic E-state index is 0.301. The van der Waals surface area contributed by atoms with Gasteiger partial charge in [-0.15, -0.1) is 0 Å². The molecule has 0 saturated carbocycles. The van der Waals surface area contributed by atoms with Crippen molar-refractivity contribution >= 4 is 0 Å². The average molecular weight is 215 g/mol. The van der Waals surface area contributed by atoms with Crippen LogP contribution in [0.25, 0.3) is 0 Å². The predicted molar refractivity (Wildman–Crippen MR) is 62.1 cm³/mol. The van der Waals surface area contributed by atoms with Crippen molar-refractivity contribution in [3.63, 3.8) is 0 Å². The summed E-state index contributed by atoms with van der Waals surface area (Å²) in [7, 11) is 0. The fraction of sp³-hybridized carbons (Fsp3) is 1.00.